The Kier molecular flexibility index (Phi) is 3.19. The van der Waals surface area contributed by atoms with Gasteiger partial charge in [-0.05, 0) is 5.57 Å². The van der Waals surface area contributed by atoms with Crippen LogP contribution in [-0.4, -0.2) is 47.2 Å². The number of aromatic amines is 1. The third kappa shape index (κ3) is 2.05. The van der Waals surface area contributed by atoms with Crippen molar-refractivity contribution in [3.05, 3.63) is 32.2 Å². The van der Waals surface area contributed by atoms with Crippen molar-refractivity contribution >= 4 is 41.6 Å². The third-order valence-electron chi connectivity index (χ3n) is 4.15. The molecule has 1 fully saturated rings. The summed E-state index contributed by atoms with van der Waals surface area (Å²) in [7, 11) is 1.75. The molecule has 4 heterocycles. The minimum atomic E-state index is -0.888. The van der Waals surface area contributed by atoms with Gasteiger partial charge in [-0.1, -0.05) is 17.9 Å². The van der Waals surface area contributed by atoms with Gasteiger partial charge in [-0.25, -0.2) is 0 Å². The van der Waals surface area contributed by atoms with E-state index in [0.29, 0.717) is 18.1 Å². The van der Waals surface area contributed by atoms with Gasteiger partial charge < -0.3 is 14.3 Å². The van der Waals surface area contributed by atoms with Crippen molar-refractivity contribution < 1.29 is 14.3 Å². The van der Waals surface area contributed by atoms with Crippen LogP contribution in [0.5, 0.6) is 0 Å². The molecule has 2 aliphatic rings. The Balaban J connectivity index is 2.01. The summed E-state index contributed by atoms with van der Waals surface area (Å²) < 4.78 is 12.8. The SMILES string of the molecule is BN1C[C@H]2O[C@H]([C@H](OC(C)=O)C2=C)n2c(=O)sc3c(=O)[nH]c1nc32. The van der Waals surface area contributed by atoms with Crippen molar-refractivity contribution in [2.24, 2.45) is 0 Å². The van der Waals surface area contributed by atoms with E-state index in [1.54, 1.807) is 12.8 Å². The molecule has 0 aromatic carbocycles. The molecule has 1 saturated heterocycles. The zero-order valence-electron chi connectivity index (χ0n) is 12.9. The first-order valence-corrected chi connectivity index (χ1v) is 8.06. The van der Waals surface area contributed by atoms with Crippen molar-refractivity contribution in [3.63, 3.8) is 0 Å². The van der Waals surface area contributed by atoms with Gasteiger partial charge in [-0.2, -0.15) is 4.98 Å². The summed E-state index contributed by atoms with van der Waals surface area (Å²) in [5.74, 6) is -0.160. The number of nitrogens with zero attached hydrogens (tertiary/aromatic N) is 3. The van der Waals surface area contributed by atoms with Crippen LogP contribution < -0.4 is 15.2 Å². The number of fused-ring (bicyclic) bond motifs is 4. The van der Waals surface area contributed by atoms with E-state index in [-0.39, 0.29) is 15.9 Å². The molecule has 0 saturated carbocycles. The second-order valence-electron chi connectivity index (χ2n) is 5.78. The lowest BCUT2D eigenvalue weighted by atomic mass is 10.1. The molecule has 0 amide bonds. The van der Waals surface area contributed by atoms with Gasteiger partial charge >= 0.3 is 10.8 Å². The van der Waals surface area contributed by atoms with Crippen LogP contribution in [0, 0.1) is 0 Å². The van der Waals surface area contributed by atoms with E-state index in [2.05, 4.69) is 16.5 Å². The number of rotatable bonds is 1. The van der Waals surface area contributed by atoms with E-state index in [4.69, 9.17) is 9.47 Å². The largest absolute Gasteiger partial charge is 0.453 e. The number of aromatic nitrogens is 3. The van der Waals surface area contributed by atoms with Crippen LogP contribution in [0.15, 0.2) is 21.7 Å². The van der Waals surface area contributed by atoms with Gasteiger partial charge in [-0.15, -0.1) is 0 Å². The number of anilines is 1. The lowest BCUT2D eigenvalue weighted by Crippen LogP contribution is -2.34. The van der Waals surface area contributed by atoms with Crippen LogP contribution in [0.25, 0.3) is 10.3 Å². The van der Waals surface area contributed by atoms with Crippen molar-refractivity contribution in [2.75, 3.05) is 11.4 Å². The topological polar surface area (TPSA) is 107 Å². The number of ether oxygens (including phenoxy) is 2. The molecular formula is C13H13BN4O5S. The molecule has 1 N–H and O–H groups in total. The number of hydrogen-bond donors (Lipinski definition) is 1. The van der Waals surface area contributed by atoms with Crippen LogP contribution in [0.3, 0.4) is 0 Å². The normalized spacial score (nSPS) is 25.6. The number of H-pyrrole nitrogens is 1. The number of carbonyl (C=O) groups is 1. The molecule has 0 aliphatic carbocycles. The van der Waals surface area contributed by atoms with Crippen molar-refractivity contribution in [2.45, 2.75) is 25.4 Å². The van der Waals surface area contributed by atoms with Crippen LogP contribution >= 0.6 is 11.3 Å². The predicted molar refractivity (Wildman–Crippen MR) is 89.0 cm³/mol. The summed E-state index contributed by atoms with van der Waals surface area (Å²) >= 11 is 0.782. The fourth-order valence-corrected chi connectivity index (χ4v) is 3.86. The first-order valence-electron chi connectivity index (χ1n) is 7.24. The van der Waals surface area contributed by atoms with Crippen LogP contribution in [0.4, 0.5) is 5.95 Å². The maximum absolute atomic E-state index is 12.5. The highest BCUT2D eigenvalue weighted by Crippen LogP contribution is 2.37. The average molecular weight is 348 g/mol. The quantitative estimate of drug-likeness (QED) is 0.396. The highest BCUT2D eigenvalue weighted by molar-refractivity contribution is 7.16. The maximum atomic E-state index is 12.5. The lowest BCUT2D eigenvalue weighted by molar-refractivity contribution is -0.150. The van der Waals surface area contributed by atoms with E-state index in [1.807, 2.05) is 0 Å². The third-order valence-corrected chi connectivity index (χ3v) is 5.09. The van der Waals surface area contributed by atoms with Gasteiger partial charge in [0.1, 0.15) is 10.8 Å². The molecule has 2 aliphatic heterocycles. The fraction of sp³-hybridized carbons (Fsp3) is 0.385. The standard InChI is InChI=1S/C13H13BN4O5S/c1-4-6-3-17(14)12-15-9-8(10(20)16-12)24-13(21)18(9)11(23-6)7(4)22-5(2)19/h6-7,11H,1,3,14H2,2H3,(H,15,16,20)/t6-,7-,11-/m1/s1. The van der Waals surface area contributed by atoms with Crippen LogP contribution in [0.1, 0.15) is 13.2 Å². The Morgan fingerprint density at radius 2 is 2.29 bits per heavy atom. The van der Waals surface area contributed by atoms with Crippen molar-refractivity contribution in [3.8, 4) is 0 Å². The predicted octanol–water partition coefficient (Wildman–Crippen LogP) is -1.10. The lowest BCUT2D eigenvalue weighted by Gasteiger charge is -2.22. The van der Waals surface area contributed by atoms with Gasteiger partial charge in [0, 0.05) is 13.5 Å². The van der Waals surface area contributed by atoms with E-state index < -0.39 is 29.3 Å². The minimum Gasteiger partial charge on any atom is -0.453 e. The molecule has 11 heteroatoms. The van der Waals surface area contributed by atoms with Gasteiger partial charge in [0.2, 0.25) is 7.98 Å². The number of carbonyl (C=O) groups excluding carboxylic acids is 1. The molecule has 124 valence electrons. The van der Waals surface area contributed by atoms with Gasteiger partial charge in [0.25, 0.3) is 5.56 Å². The van der Waals surface area contributed by atoms with E-state index in [0.717, 1.165) is 11.3 Å². The van der Waals surface area contributed by atoms with Crippen LogP contribution in [-0.2, 0) is 14.3 Å². The molecule has 0 unspecified atom stereocenters. The maximum Gasteiger partial charge on any atom is 0.311 e. The molecule has 2 aromatic rings. The molecule has 4 bridgehead atoms. The Morgan fingerprint density at radius 3 is 3.00 bits per heavy atom. The van der Waals surface area contributed by atoms with Gasteiger partial charge in [0.05, 0.1) is 0 Å². The molecule has 3 atom stereocenters. The second-order valence-corrected chi connectivity index (χ2v) is 6.74. The Morgan fingerprint density at radius 1 is 1.54 bits per heavy atom. The van der Waals surface area contributed by atoms with E-state index in [1.165, 1.54) is 11.5 Å². The zero-order valence-corrected chi connectivity index (χ0v) is 13.8. The number of esters is 1. The monoisotopic (exact) mass is 348 g/mol. The molecule has 4 rings (SSSR count). The number of hydrogen-bond acceptors (Lipinski definition) is 8. The number of nitrogens with one attached hydrogen (secondary N) is 1. The molecule has 9 nitrogen and oxygen atoms in total. The van der Waals surface area contributed by atoms with E-state index >= 15 is 0 Å². The highest BCUT2D eigenvalue weighted by atomic mass is 32.1. The van der Waals surface area contributed by atoms with Gasteiger partial charge in [0.15, 0.2) is 23.9 Å². The summed E-state index contributed by atoms with van der Waals surface area (Å²) in [5.41, 5.74) is 0.400. The minimum absolute atomic E-state index is 0.207. The summed E-state index contributed by atoms with van der Waals surface area (Å²) in [6, 6.07) is 0. The number of thiazole rings is 1. The van der Waals surface area contributed by atoms with Crippen molar-refractivity contribution in [1.82, 2.24) is 14.5 Å². The Labute approximate surface area is 139 Å². The highest BCUT2D eigenvalue weighted by Gasteiger charge is 2.45. The smallest absolute Gasteiger partial charge is 0.311 e. The summed E-state index contributed by atoms with van der Waals surface area (Å²) in [5, 5.41) is 0. The Hall–Kier alpha value is -2.40. The fourth-order valence-electron chi connectivity index (χ4n) is 3.02. The summed E-state index contributed by atoms with van der Waals surface area (Å²) in [4.78, 5) is 44.5. The first-order chi connectivity index (χ1) is 11.4. The molecule has 0 radical (unpaired) electrons. The Bertz CT molecular complexity index is 994. The summed E-state index contributed by atoms with van der Waals surface area (Å²) in [6.07, 6.45) is -2.16. The molecule has 24 heavy (non-hydrogen) atoms. The van der Waals surface area contributed by atoms with Gasteiger partial charge in [-0.3, -0.25) is 23.9 Å². The molecule has 0 spiro atoms. The van der Waals surface area contributed by atoms with Crippen LogP contribution in [0.2, 0.25) is 0 Å². The second kappa shape index (κ2) is 5.05. The van der Waals surface area contributed by atoms with Crippen molar-refractivity contribution in [1.29, 1.82) is 0 Å². The van der Waals surface area contributed by atoms with E-state index in [9.17, 15) is 14.4 Å². The average Bonchev–Trinajstić information content (AvgIpc) is 2.98. The molecular weight excluding hydrogens is 335 g/mol. The summed E-state index contributed by atoms with van der Waals surface area (Å²) in [6.45, 7) is 5.61. The first kappa shape index (κ1) is 15.2. The molecule has 2 aromatic heterocycles. The zero-order chi connectivity index (χ0) is 17.2.